The van der Waals surface area contributed by atoms with Crippen LogP contribution in [0.25, 0.3) is 10.6 Å². The summed E-state index contributed by atoms with van der Waals surface area (Å²) in [6, 6.07) is 15.5. The van der Waals surface area contributed by atoms with E-state index < -0.39 is 0 Å². The summed E-state index contributed by atoms with van der Waals surface area (Å²) >= 11 is 3.28. The number of ether oxygens (including phenoxy) is 2. The van der Waals surface area contributed by atoms with Crippen LogP contribution in [0.2, 0.25) is 0 Å². The summed E-state index contributed by atoms with van der Waals surface area (Å²) in [7, 11) is 3.16. The Bertz CT molecular complexity index is 973. The number of carbonyl (C=O) groups excluding carboxylic acids is 1. The van der Waals surface area contributed by atoms with E-state index in [1.165, 1.54) is 4.88 Å². The Morgan fingerprint density at radius 2 is 1.86 bits per heavy atom. The van der Waals surface area contributed by atoms with Crippen molar-refractivity contribution in [2.75, 3.05) is 19.5 Å². The van der Waals surface area contributed by atoms with Gasteiger partial charge in [0, 0.05) is 27.9 Å². The zero-order chi connectivity index (χ0) is 20.8. The van der Waals surface area contributed by atoms with Gasteiger partial charge in [-0.05, 0) is 26.0 Å². The van der Waals surface area contributed by atoms with Crippen LogP contribution in [-0.2, 0) is 10.5 Å². The number of nitrogens with zero attached hydrogens (tertiary/aromatic N) is 1. The fraction of sp³-hybridized carbons (Fsp3) is 0.273. The molecule has 5 nitrogen and oxygen atoms in total. The number of aromatic nitrogens is 1. The minimum absolute atomic E-state index is 0.0485. The Labute approximate surface area is 179 Å². The van der Waals surface area contributed by atoms with Gasteiger partial charge >= 0.3 is 0 Å². The highest BCUT2D eigenvalue weighted by molar-refractivity contribution is 7.99. The smallest absolute Gasteiger partial charge is 0.237 e. The van der Waals surface area contributed by atoms with Gasteiger partial charge in [-0.15, -0.1) is 23.1 Å². The molecular weight excluding hydrogens is 404 g/mol. The van der Waals surface area contributed by atoms with Gasteiger partial charge in [0.15, 0.2) is 11.5 Å². The van der Waals surface area contributed by atoms with Crippen molar-refractivity contribution in [3.63, 3.8) is 0 Å². The maximum absolute atomic E-state index is 12.6. The van der Waals surface area contributed by atoms with Crippen LogP contribution in [-0.4, -0.2) is 30.4 Å². The molecule has 0 radical (unpaired) electrons. The van der Waals surface area contributed by atoms with Crippen LogP contribution < -0.4 is 14.8 Å². The van der Waals surface area contributed by atoms with E-state index in [1.54, 1.807) is 55.5 Å². The molecular formula is C22H24N2O3S2. The van der Waals surface area contributed by atoms with E-state index in [-0.39, 0.29) is 11.2 Å². The highest BCUT2D eigenvalue weighted by atomic mass is 32.2. The number of benzene rings is 2. The molecule has 152 valence electrons. The molecule has 2 aromatic carbocycles. The third kappa shape index (κ3) is 5.31. The number of rotatable bonds is 8. The number of thiazole rings is 1. The van der Waals surface area contributed by atoms with Crippen LogP contribution in [0.15, 0.2) is 48.5 Å². The fourth-order valence-corrected chi connectivity index (χ4v) is 4.82. The lowest BCUT2D eigenvalue weighted by Crippen LogP contribution is -2.22. The summed E-state index contributed by atoms with van der Waals surface area (Å²) in [5, 5.41) is 3.75. The second-order valence-electron chi connectivity index (χ2n) is 6.41. The summed E-state index contributed by atoms with van der Waals surface area (Å²) in [4.78, 5) is 18.5. The molecule has 3 rings (SSSR count). The van der Waals surface area contributed by atoms with Crippen LogP contribution in [0.1, 0.15) is 17.5 Å². The molecule has 1 N–H and O–H groups in total. The number of carbonyl (C=O) groups is 1. The Hall–Kier alpha value is -2.51. The monoisotopic (exact) mass is 428 g/mol. The molecule has 1 atom stereocenters. The number of methoxy groups -OCH3 is 2. The average Bonchev–Trinajstić information content (AvgIpc) is 3.13. The number of hydrogen-bond acceptors (Lipinski definition) is 6. The zero-order valence-corrected chi connectivity index (χ0v) is 18.5. The molecule has 29 heavy (non-hydrogen) atoms. The van der Waals surface area contributed by atoms with E-state index in [9.17, 15) is 4.79 Å². The molecule has 0 aliphatic carbocycles. The number of hydrogen-bond donors (Lipinski definition) is 1. The van der Waals surface area contributed by atoms with Crippen LogP contribution in [0.5, 0.6) is 11.5 Å². The van der Waals surface area contributed by atoms with Crippen molar-refractivity contribution in [1.29, 1.82) is 0 Å². The summed E-state index contributed by atoms with van der Waals surface area (Å²) < 4.78 is 10.5. The SMILES string of the molecule is COc1ccc(NC(=O)C(C)SCc2sc(-c3ccccc3)nc2C)cc1OC. The molecule has 0 spiro atoms. The Kier molecular flexibility index (Phi) is 7.17. The van der Waals surface area contributed by atoms with Crippen LogP contribution in [0.4, 0.5) is 5.69 Å². The average molecular weight is 429 g/mol. The number of thioether (sulfide) groups is 1. The summed E-state index contributed by atoms with van der Waals surface area (Å²) in [6.45, 7) is 3.93. The van der Waals surface area contributed by atoms with E-state index in [0.717, 1.165) is 22.0 Å². The molecule has 1 heterocycles. The van der Waals surface area contributed by atoms with Gasteiger partial charge in [-0.25, -0.2) is 4.98 Å². The van der Waals surface area contributed by atoms with Crippen molar-refractivity contribution in [1.82, 2.24) is 4.98 Å². The van der Waals surface area contributed by atoms with E-state index >= 15 is 0 Å². The zero-order valence-electron chi connectivity index (χ0n) is 16.9. The Morgan fingerprint density at radius 1 is 1.14 bits per heavy atom. The number of amides is 1. The van der Waals surface area contributed by atoms with Gasteiger partial charge in [0.1, 0.15) is 5.01 Å². The fourth-order valence-electron chi connectivity index (χ4n) is 2.70. The minimum Gasteiger partial charge on any atom is -0.493 e. The summed E-state index contributed by atoms with van der Waals surface area (Å²) in [5.41, 5.74) is 2.82. The maximum atomic E-state index is 12.6. The summed E-state index contributed by atoms with van der Waals surface area (Å²) in [6.07, 6.45) is 0. The van der Waals surface area contributed by atoms with Gasteiger partial charge in [-0.1, -0.05) is 30.3 Å². The van der Waals surface area contributed by atoms with Crippen molar-refractivity contribution in [3.05, 3.63) is 59.1 Å². The summed E-state index contributed by atoms with van der Waals surface area (Å²) in [5.74, 6) is 1.91. The van der Waals surface area contributed by atoms with Gasteiger partial charge in [0.25, 0.3) is 0 Å². The topological polar surface area (TPSA) is 60.5 Å². The van der Waals surface area contributed by atoms with Crippen LogP contribution in [0, 0.1) is 6.92 Å². The third-order valence-corrected chi connectivity index (χ3v) is 6.96. The van der Waals surface area contributed by atoms with Gasteiger partial charge < -0.3 is 14.8 Å². The van der Waals surface area contributed by atoms with Crippen molar-refractivity contribution in [2.45, 2.75) is 24.9 Å². The molecule has 1 unspecified atom stereocenters. The second-order valence-corrected chi connectivity index (χ2v) is 8.82. The molecule has 0 aliphatic heterocycles. The molecule has 0 fully saturated rings. The molecule has 3 aromatic rings. The molecule has 0 bridgehead atoms. The van der Waals surface area contributed by atoms with Crippen molar-refractivity contribution >= 4 is 34.7 Å². The molecule has 7 heteroatoms. The highest BCUT2D eigenvalue weighted by Crippen LogP contribution is 2.32. The van der Waals surface area contributed by atoms with Gasteiger partial charge in [-0.3, -0.25) is 4.79 Å². The van der Waals surface area contributed by atoms with Crippen molar-refractivity contribution in [2.24, 2.45) is 0 Å². The lowest BCUT2D eigenvalue weighted by Gasteiger charge is -2.13. The highest BCUT2D eigenvalue weighted by Gasteiger charge is 2.17. The quantitative estimate of drug-likeness (QED) is 0.521. The molecule has 1 amide bonds. The molecule has 0 saturated carbocycles. The van der Waals surface area contributed by atoms with E-state index in [2.05, 4.69) is 22.4 Å². The standard InChI is InChI=1S/C22H24N2O3S2/c1-14-20(29-22(23-14)16-8-6-5-7-9-16)13-28-15(2)21(25)24-17-10-11-18(26-3)19(12-17)27-4/h5-12,15H,13H2,1-4H3,(H,24,25). The van der Waals surface area contributed by atoms with Crippen molar-refractivity contribution in [3.8, 4) is 22.1 Å². The predicted octanol–water partition coefficient (Wildman–Crippen LogP) is 5.40. The normalized spacial score (nSPS) is 11.7. The van der Waals surface area contributed by atoms with Crippen molar-refractivity contribution < 1.29 is 14.3 Å². The number of anilines is 1. The maximum Gasteiger partial charge on any atom is 0.237 e. The number of aryl methyl sites for hydroxylation is 1. The van der Waals surface area contributed by atoms with Gasteiger partial charge in [-0.2, -0.15) is 0 Å². The first kappa shape index (κ1) is 21.2. The molecule has 1 aromatic heterocycles. The first-order valence-corrected chi connectivity index (χ1v) is 11.0. The Morgan fingerprint density at radius 3 is 2.55 bits per heavy atom. The minimum atomic E-state index is -0.204. The third-order valence-electron chi connectivity index (χ3n) is 4.40. The van der Waals surface area contributed by atoms with Crippen LogP contribution >= 0.6 is 23.1 Å². The largest absolute Gasteiger partial charge is 0.493 e. The number of nitrogens with one attached hydrogen (secondary N) is 1. The predicted molar refractivity (Wildman–Crippen MR) is 121 cm³/mol. The van der Waals surface area contributed by atoms with E-state index in [1.807, 2.05) is 32.0 Å². The first-order chi connectivity index (χ1) is 14.0. The van der Waals surface area contributed by atoms with Gasteiger partial charge in [0.05, 0.1) is 25.2 Å². The van der Waals surface area contributed by atoms with E-state index in [0.29, 0.717) is 17.2 Å². The van der Waals surface area contributed by atoms with Gasteiger partial charge in [0.2, 0.25) is 5.91 Å². The lowest BCUT2D eigenvalue weighted by atomic mass is 10.2. The lowest BCUT2D eigenvalue weighted by molar-refractivity contribution is -0.115. The Balaban J connectivity index is 1.60. The first-order valence-electron chi connectivity index (χ1n) is 9.18. The second kappa shape index (κ2) is 9.80. The molecule has 0 aliphatic rings. The van der Waals surface area contributed by atoms with Crippen LogP contribution in [0.3, 0.4) is 0 Å². The molecule has 0 saturated heterocycles. The van der Waals surface area contributed by atoms with E-state index in [4.69, 9.17) is 9.47 Å².